The summed E-state index contributed by atoms with van der Waals surface area (Å²) in [5.41, 5.74) is 3.35. The van der Waals surface area contributed by atoms with E-state index in [1.54, 1.807) is 0 Å². The van der Waals surface area contributed by atoms with Crippen molar-refractivity contribution in [1.29, 1.82) is 0 Å². The molecule has 1 heterocycles. The molecule has 3 nitrogen and oxygen atoms in total. The molecule has 0 aromatic heterocycles. The van der Waals surface area contributed by atoms with E-state index in [9.17, 15) is 0 Å². The molecule has 2 N–H and O–H groups in total. The molecule has 0 atom stereocenters. The molecule has 3 aromatic rings. The zero-order valence-corrected chi connectivity index (χ0v) is 17.6. The van der Waals surface area contributed by atoms with Gasteiger partial charge < -0.3 is 15.5 Å². The lowest BCUT2D eigenvalue weighted by Crippen LogP contribution is -2.31. The van der Waals surface area contributed by atoms with Gasteiger partial charge in [0.05, 0.1) is 22.1 Å². The molecule has 6 heteroatoms. The number of rotatable bonds is 5. The van der Waals surface area contributed by atoms with Gasteiger partial charge in [-0.25, -0.2) is 0 Å². The van der Waals surface area contributed by atoms with Crippen molar-refractivity contribution in [3.05, 3.63) is 77.8 Å². The first-order chi connectivity index (χ1) is 13.7. The Hall–Kier alpha value is -2.21. The van der Waals surface area contributed by atoms with E-state index in [-0.39, 0.29) is 0 Å². The monoisotopic (exact) mass is 425 g/mol. The predicted molar refractivity (Wildman–Crippen MR) is 124 cm³/mol. The number of fused-ring (bicyclic) bond motifs is 2. The van der Waals surface area contributed by atoms with Crippen LogP contribution in [0.1, 0.15) is 6.42 Å². The second-order valence-corrected chi connectivity index (χ2v) is 8.30. The van der Waals surface area contributed by atoms with E-state index in [1.807, 2.05) is 36.0 Å². The molecule has 142 valence electrons. The van der Waals surface area contributed by atoms with Crippen LogP contribution in [0.4, 0.5) is 17.1 Å². The number of anilines is 3. The first-order valence-corrected chi connectivity index (χ1v) is 10.8. The van der Waals surface area contributed by atoms with Crippen LogP contribution in [0.2, 0.25) is 5.02 Å². The van der Waals surface area contributed by atoms with E-state index in [4.69, 9.17) is 23.8 Å². The van der Waals surface area contributed by atoms with Crippen LogP contribution in [0.15, 0.2) is 82.6 Å². The summed E-state index contributed by atoms with van der Waals surface area (Å²) in [6, 6.07) is 24.7. The van der Waals surface area contributed by atoms with Crippen molar-refractivity contribution < 1.29 is 0 Å². The van der Waals surface area contributed by atoms with Gasteiger partial charge in [-0.1, -0.05) is 59.8 Å². The minimum absolute atomic E-state index is 0.586. The van der Waals surface area contributed by atoms with Gasteiger partial charge in [0.1, 0.15) is 0 Å². The lowest BCUT2D eigenvalue weighted by molar-refractivity contribution is 0.764. The summed E-state index contributed by atoms with van der Waals surface area (Å²) in [6.07, 6.45) is 0.956. The van der Waals surface area contributed by atoms with Crippen molar-refractivity contribution in [3.8, 4) is 0 Å². The summed E-state index contributed by atoms with van der Waals surface area (Å²) in [4.78, 5) is 4.99. The molecule has 0 saturated carbocycles. The predicted octanol–water partition coefficient (Wildman–Crippen LogP) is 6.32. The molecule has 0 saturated heterocycles. The van der Waals surface area contributed by atoms with Gasteiger partial charge in [0, 0.05) is 22.9 Å². The Bertz CT molecular complexity index is 947. The van der Waals surface area contributed by atoms with Crippen molar-refractivity contribution in [2.75, 3.05) is 23.3 Å². The van der Waals surface area contributed by atoms with E-state index in [1.165, 1.54) is 21.2 Å². The molecule has 1 aliphatic heterocycles. The van der Waals surface area contributed by atoms with Gasteiger partial charge >= 0.3 is 0 Å². The van der Waals surface area contributed by atoms with Crippen molar-refractivity contribution >= 4 is 57.8 Å². The van der Waals surface area contributed by atoms with Gasteiger partial charge in [0.25, 0.3) is 0 Å². The Morgan fingerprint density at radius 2 is 1.50 bits per heavy atom. The van der Waals surface area contributed by atoms with Crippen LogP contribution in [0.3, 0.4) is 0 Å². The van der Waals surface area contributed by atoms with Crippen LogP contribution >= 0.6 is 35.6 Å². The molecule has 3 aromatic carbocycles. The van der Waals surface area contributed by atoms with Gasteiger partial charge in [-0.05, 0) is 55.0 Å². The van der Waals surface area contributed by atoms with Crippen LogP contribution in [-0.2, 0) is 0 Å². The van der Waals surface area contributed by atoms with Crippen LogP contribution in [-0.4, -0.2) is 18.2 Å². The van der Waals surface area contributed by atoms with Crippen molar-refractivity contribution in [1.82, 2.24) is 5.32 Å². The maximum absolute atomic E-state index is 6.17. The number of hydrogen-bond donors (Lipinski definition) is 2. The Morgan fingerprint density at radius 1 is 0.893 bits per heavy atom. The zero-order valence-electron chi connectivity index (χ0n) is 15.2. The highest BCUT2D eigenvalue weighted by atomic mass is 35.5. The van der Waals surface area contributed by atoms with Crippen LogP contribution in [0.5, 0.6) is 0 Å². The molecule has 1 aliphatic rings. The minimum atomic E-state index is 0.586. The molecule has 0 amide bonds. The highest BCUT2D eigenvalue weighted by Crippen LogP contribution is 2.47. The third kappa shape index (κ3) is 4.27. The number of hydrogen-bond acceptors (Lipinski definition) is 3. The quantitative estimate of drug-likeness (QED) is 0.368. The van der Waals surface area contributed by atoms with E-state index in [0.29, 0.717) is 10.1 Å². The summed E-state index contributed by atoms with van der Waals surface area (Å²) in [5, 5.41) is 7.67. The van der Waals surface area contributed by atoms with E-state index < -0.39 is 0 Å². The Labute approximate surface area is 180 Å². The molecule has 28 heavy (non-hydrogen) atoms. The summed E-state index contributed by atoms with van der Waals surface area (Å²) in [7, 11) is 0. The summed E-state index contributed by atoms with van der Waals surface area (Å²) < 4.78 is 0. The van der Waals surface area contributed by atoms with E-state index in [0.717, 1.165) is 25.2 Å². The fourth-order valence-electron chi connectivity index (χ4n) is 3.19. The topological polar surface area (TPSA) is 27.3 Å². The second kappa shape index (κ2) is 8.86. The molecule has 0 spiro atoms. The van der Waals surface area contributed by atoms with E-state index in [2.05, 4.69) is 64.1 Å². The number of thiocarbonyl (C=S) groups is 1. The lowest BCUT2D eigenvalue weighted by Gasteiger charge is -2.32. The lowest BCUT2D eigenvalue weighted by atomic mass is 10.2. The summed E-state index contributed by atoms with van der Waals surface area (Å²) in [5.74, 6) is 0. The summed E-state index contributed by atoms with van der Waals surface area (Å²) in [6.45, 7) is 1.69. The fraction of sp³-hybridized carbons (Fsp3) is 0.136. The van der Waals surface area contributed by atoms with Gasteiger partial charge in [0.2, 0.25) is 0 Å². The molecule has 0 aliphatic carbocycles. The molecule has 4 rings (SSSR count). The number of benzene rings is 3. The minimum Gasteiger partial charge on any atom is -0.362 e. The number of nitrogens with one attached hydrogen (secondary N) is 2. The van der Waals surface area contributed by atoms with Gasteiger partial charge in [-0.3, -0.25) is 0 Å². The Balaban J connectivity index is 1.36. The van der Waals surface area contributed by atoms with Gasteiger partial charge in [-0.15, -0.1) is 0 Å². The average molecular weight is 426 g/mol. The van der Waals surface area contributed by atoms with E-state index >= 15 is 0 Å². The molecular weight excluding hydrogens is 406 g/mol. The number of nitrogens with zero attached hydrogens (tertiary/aromatic N) is 1. The third-order valence-corrected chi connectivity index (χ3v) is 6.20. The molecule has 0 bridgehead atoms. The fourth-order valence-corrected chi connectivity index (χ4v) is 4.68. The largest absolute Gasteiger partial charge is 0.362 e. The highest BCUT2D eigenvalue weighted by molar-refractivity contribution is 7.99. The normalized spacial score (nSPS) is 12.1. The zero-order chi connectivity index (χ0) is 19.3. The molecular formula is C22H20ClN3S2. The Morgan fingerprint density at radius 3 is 2.18 bits per heavy atom. The maximum Gasteiger partial charge on any atom is 0.170 e. The average Bonchev–Trinajstić information content (AvgIpc) is 2.72. The summed E-state index contributed by atoms with van der Waals surface area (Å²) >= 11 is 13.4. The van der Waals surface area contributed by atoms with Gasteiger partial charge in [0.15, 0.2) is 5.11 Å². The van der Waals surface area contributed by atoms with Crippen LogP contribution < -0.4 is 15.5 Å². The van der Waals surface area contributed by atoms with Gasteiger partial charge in [-0.2, -0.15) is 0 Å². The SMILES string of the molecule is S=C(NCCCN1c2ccccc2Sc2ccccc21)Nc1ccccc1Cl. The molecule has 0 radical (unpaired) electrons. The first-order valence-electron chi connectivity index (χ1n) is 9.15. The second-order valence-electron chi connectivity index (χ2n) is 6.40. The van der Waals surface area contributed by atoms with Crippen molar-refractivity contribution in [2.24, 2.45) is 0 Å². The van der Waals surface area contributed by atoms with Crippen molar-refractivity contribution in [2.45, 2.75) is 16.2 Å². The van der Waals surface area contributed by atoms with Crippen molar-refractivity contribution in [3.63, 3.8) is 0 Å². The number of para-hydroxylation sites is 3. The molecule has 0 unspecified atom stereocenters. The molecule has 0 fully saturated rings. The third-order valence-electron chi connectivity index (χ3n) is 4.50. The van der Waals surface area contributed by atoms with Crippen LogP contribution in [0, 0.1) is 0 Å². The first kappa shape index (κ1) is 19.1. The maximum atomic E-state index is 6.17. The Kier molecular flexibility index (Phi) is 6.05. The van der Waals surface area contributed by atoms with Crippen LogP contribution in [0.25, 0.3) is 0 Å². The highest BCUT2D eigenvalue weighted by Gasteiger charge is 2.22. The smallest absolute Gasteiger partial charge is 0.170 e. The number of halogens is 1. The standard InChI is InChI=1S/C22H20ClN3S2/c23-16-8-1-2-9-17(16)25-22(27)24-14-7-15-26-18-10-3-5-12-20(18)28-21-13-6-4-11-19(21)26/h1-6,8-13H,7,14-15H2,(H2,24,25,27).